The van der Waals surface area contributed by atoms with Crippen LogP contribution in [0.4, 0.5) is 8.78 Å². The van der Waals surface area contributed by atoms with Crippen molar-refractivity contribution in [3.8, 4) is 5.75 Å². The second kappa shape index (κ2) is 4.57. The topological polar surface area (TPSA) is 21.3 Å². The molecule has 1 aromatic rings. The molecule has 0 aromatic heterocycles. The molecule has 1 atom stereocenters. The Bertz CT molecular complexity index is 317. The second-order valence-electron chi connectivity index (χ2n) is 3.69. The van der Waals surface area contributed by atoms with Gasteiger partial charge in [-0.25, -0.2) is 8.78 Å². The third-order valence-corrected chi connectivity index (χ3v) is 2.39. The van der Waals surface area contributed by atoms with Gasteiger partial charge in [0.15, 0.2) is 0 Å². The number of nitrogens with one attached hydrogen (secondary N) is 1. The third kappa shape index (κ3) is 2.89. The predicted octanol–water partition coefficient (Wildman–Crippen LogP) is 2.10. The van der Waals surface area contributed by atoms with Crippen molar-refractivity contribution in [1.29, 1.82) is 0 Å². The number of benzene rings is 1. The molecule has 1 aromatic carbocycles. The summed E-state index contributed by atoms with van der Waals surface area (Å²) < 4.78 is 31.2. The summed E-state index contributed by atoms with van der Waals surface area (Å²) in [5.74, 6) is -0.941. The summed E-state index contributed by atoms with van der Waals surface area (Å²) >= 11 is 0. The van der Waals surface area contributed by atoms with Gasteiger partial charge < -0.3 is 10.1 Å². The number of piperidine rings is 1. The van der Waals surface area contributed by atoms with E-state index in [0.717, 1.165) is 32.0 Å². The van der Waals surface area contributed by atoms with Crippen LogP contribution in [0.3, 0.4) is 0 Å². The summed E-state index contributed by atoms with van der Waals surface area (Å²) in [5, 5.41) is 3.17. The van der Waals surface area contributed by atoms with E-state index >= 15 is 0 Å². The predicted molar refractivity (Wildman–Crippen MR) is 52.9 cm³/mol. The fraction of sp³-hybridized carbons (Fsp3) is 0.455. The lowest BCUT2D eigenvalue weighted by atomic mass is 10.1. The minimum atomic E-state index is -0.603. The smallest absolute Gasteiger partial charge is 0.129 e. The summed E-state index contributed by atoms with van der Waals surface area (Å²) in [4.78, 5) is 0. The third-order valence-electron chi connectivity index (χ3n) is 2.39. The number of hydrogen-bond donors (Lipinski definition) is 1. The second-order valence-corrected chi connectivity index (χ2v) is 3.69. The Morgan fingerprint density at radius 3 is 2.53 bits per heavy atom. The van der Waals surface area contributed by atoms with E-state index in [1.807, 2.05) is 0 Å². The minimum Gasteiger partial charge on any atom is -0.489 e. The van der Waals surface area contributed by atoms with Gasteiger partial charge in [-0.15, -0.1) is 0 Å². The zero-order valence-corrected chi connectivity index (χ0v) is 8.30. The molecule has 0 radical (unpaired) electrons. The molecule has 1 heterocycles. The Morgan fingerprint density at radius 1 is 1.20 bits per heavy atom. The molecule has 2 nitrogen and oxygen atoms in total. The number of rotatable bonds is 2. The standard InChI is InChI=1S/C11H13F2NO/c12-8-4-9(13)6-11(5-8)15-10-2-1-3-14-7-10/h4-6,10,14H,1-3,7H2. The molecule has 0 spiro atoms. The van der Waals surface area contributed by atoms with Crippen LogP contribution in [0.15, 0.2) is 18.2 Å². The van der Waals surface area contributed by atoms with Gasteiger partial charge >= 0.3 is 0 Å². The van der Waals surface area contributed by atoms with Gasteiger partial charge in [-0.1, -0.05) is 0 Å². The first-order chi connectivity index (χ1) is 7.24. The Balaban J connectivity index is 2.02. The van der Waals surface area contributed by atoms with Gasteiger partial charge in [0.05, 0.1) is 0 Å². The number of halogens is 2. The van der Waals surface area contributed by atoms with Crippen molar-refractivity contribution in [2.75, 3.05) is 13.1 Å². The summed E-state index contributed by atoms with van der Waals surface area (Å²) in [5.41, 5.74) is 0. The number of ether oxygens (including phenoxy) is 1. The van der Waals surface area contributed by atoms with Crippen LogP contribution in [0.1, 0.15) is 12.8 Å². The molecule has 0 aliphatic carbocycles. The lowest BCUT2D eigenvalue weighted by molar-refractivity contribution is 0.166. The molecule has 1 N–H and O–H groups in total. The van der Waals surface area contributed by atoms with Crippen LogP contribution < -0.4 is 10.1 Å². The molecule has 1 fully saturated rings. The first-order valence-corrected chi connectivity index (χ1v) is 5.07. The van der Waals surface area contributed by atoms with Gasteiger partial charge in [-0.05, 0) is 19.4 Å². The van der Waals surface area contributed by atoms with E-state index in [1.165, 1.54) is 12.1 Å². The van der Waals surface area contributed by atoms with Crippen LogP contribution in [0.25, 0.3) is 0 Å². The molecular weight excluding hydrogens is 200 g/mol. The molecule has 4 heteroatoms. The van der Waals surface area contributed by atoms with Crippen LogP contribution in [-0.2, 0) is 0 Å². The van der Waals surface area contributed by atoms with Crippen LogP contribution >= 0.6 is 0 Å². The molecule has 0 saturated carbocycles. The molecule has 1 aliphatic rings. The molecule has 2 rings (SSSR count). The fourth-order valence-electron chi connectivity index (χ4n) is 1.71. The van der Waals surface area contributed by atoms with Crippen molar-refractivity contribution < 1.29 is 13.5 Å². The van der Waals surface area contributed by atoms with E-state index in [1.54, 1.807) is 0 Å². The van der Waals surface area contributed by atoms with Crippen molar-refractivity contribution in [3.05, 3.63) is 29.8 Å². The maximum atomic E-state index is 12.8. The van der Waals surface area contributed by atoms with Crippen LogP contribution in [0.2, 0.25) is 0 Å². The molecule has 0 bridgehead atoms. The maximum absolute atomic E-state index is 12.8. The average Bonchev–Trinajstić information content (AvgIpc) is 2.17. The number of hydrogen-bond acceptors (Lipinski definition) is 2. The van der Waals surface area contributed by atoms with Gasteiger partial charge in [0.25, 0.3) is 0 Å². The monoisotopic (exact) mass is 213 g/mol. The lowest BCUT2D eigenvalue weighted by Crippen LogP contribution is -2.37. The highest BCUT2D eigenvalue weighted by molar-refractivity contribution is 5.24. The highest BCUT2D eigenvalue weighted by Gasteiger charge is 2.14. The Kier molecular flexibility index (Phi) is 3.16. The SMILES string of the molecule is Fc1cc(F)cc(OC2CCCNC2)c1. The average molecular weight is 213 g/mol. The van der Waals surface area contributed by atoms with Gasteiger partial charge in [-0.3, -0.25) is 0 Å². The Morgan fingerprint density at radius 2 is 1.93 bits per heavy atom. The maximum Gasteiger partial charge on any atom is 0.129 e. The molecule has 0 amide bonds. The summed E-state index contributed by atoms with van der Waals surface area (Å²) in [6.07, 6.45) is 1.97. The van der Waals surface area contributed by atoms with Gasteiger partial charge in [0.2, 0.25) is 0 Å². The molecule has 15 heavy (non-hydrogen) atoms. The van der Waals surface area contributed by atoms with E-state index in [2.05, 4.69) is 5.32 Å². The summed E-state index contributed by atoms with van der Waals surface area (Å²) in [6, 6.07) is 3.25. The van der Waals surface area contributed by atoms with E-state index in [4.69, 9.17) is 4.74 Å². The van der Waals surface area contributed by atoms with Crippen LogP contribution in [0.5, 0.6) is 5.75 Å². The summed E-state index contributed by atoms with van der Waals surface area (Å²) in [7, 11) is 0. The minimum absolute atomic E-state index is 0.0138. The molecular formula is C11H13F2NO. The highest BCUT2D eigenvalue weighted by Crippen LogP contribution is 2.18. The first kappa shape index (κ1) is 10.4. The normalized spacial score (nSPS) is 21.3. The van der Waals surface area contributed by atoms with Crippen molar-refractivity contribution in [2.45, 2.75) is 18.9 Å². The zero-order valence-electron chi connectivity index (χ0n) is 8.30. The van der Waals surface area contributed by atoms with E-state index in [0.29, 0.717) is 0 Å². The fourth-order valence-corrected chi connectivity index (χ4v) is 1.71. The first-order valence-electron chi connectivity index (χ1n) is 5.07. The van der Waals surface area contributed by atoms with Crippen LogP contribution in [-0.4, -0.2) is 19.2 Å². The van der Waals surface area contributed by atoms with Gasteiger partial charge in [0, 0.05) is 24.7 Å². The zero-order chi connectivity index (χ0) is 10.7. The summed E-state index contributed by atoms with van der Waals surface area (Å²) in [6.45, 7) is 1.72. The van der Waals surface area contributed by atoms with Crippen molar-refractivity contribution in [1.82, 2.24) is 5.32 Å². The van der Waals surface area contributed by atoms with Crippen molar-refractivity contribution >= 4 is 0 Å². The van der Waals surface area contributed by atoms with E-state index in [-0.39, 0.29) is 11.9 Å². The van der Waals surface area contributed by atoms with Crippen molar-refractivity contribution in [3.63, 3.8) is 0 Å². The molecule has 82 valence electrons. The van der Waals surface area contributed by atoms with Crippen molar-refractivity contribution in [2.24, 2.45) is 0 Å². The lowest BCUT2D eigenvalue weighted by Gasteiger charge is -2.23. The van der Waals surface area contributed by atoms with Gasteiger partial charge in [-0.2, -0.15) is 0 Å². The molecule has 1 unspecified atom stereocenters. The molecule has 1 aliphatic heterocycles. The van der Waals surface area contributed by atoms with Gasteiger partial charge in [0.1, 0.15) is 23.5 Å². The Hall–Kier alpha value is -1.16. The molecule has 1 saturated heterocycles. The quantitative estimate of drug-likeness (QED) is 0.812. The van der Waals surface area contributed by atoms with E-state index in [9.17, 15) is 8.78 Å². The van der Waals surface area contributed by atoms with E-state index < -0.39 is 11.6 Å². The Labute approximate surface area is 87.2 Å². The largest absolute Gasteiger partial charge is 0.489 e. The highest BCUT2D eigenvalue weighted by atomic mass is 19.1. The van der Waals surface area contributed by atoms with Crippen LogP contribution in [0, 0.1) is 11.6 Å².